The van der Waals surface area contributed by atoms with Gasteiger partial charge < -0.3 is 20.1 Å². The van der Waals surface area contributed by atoms with Gasteiger partial charge in [0.1, 0.15) is 30.3 Å². The molecule has 1 amide bonds. The molecule has 0 fully saturated rings. The molecule has 0 saturated heterocycles. The van der Waals surface area contributed by atoms with Crippen LogP contribution in [-0.4, -0.2) is 34.6 Å². The first-order valence-electron chi connectivity index (χ1n) is 10.7. The number of hydrogen-bond donors (Lipinski definition) is 2. The molecule has 2 heterocycles. The predicted molar refractivity (Wildman–Crippen MR) is 132 cm³/mol. The Morgan fingerprint density at radius 2 is 1.91 bits per heavy atom. The molecule has 0 aliphatic carbocycles. The molecular formula is C26H25N5O3. The first kappa shape index (κ1) is 22.9. The summed E-state index contributed by atoms with van der Waals surface area (Å²) in [5.74, 6) is 1.91. The fourth-order valence-corrected chi connectivity index (χ4v) is 3.30. The molecule has 8 heteroatoms. The highest BCUT2D eigenvalue weighted by Gasteiger charge is 2.08. The van der Waals surface area contributed by atoms with E-state index in [4.69, 9.17) is 9.47 Å². The molecule has 0 aliphatic heterocycles. The van der Waals surface area contributed by atoms with Crippen molar-refractivity contribution in [2.45, 2.75) is 13.8 Å². The van der Waals surface area contributed by atoms with Crippen molar-refractivity contribution < 1.29 is 14.3 Å². The van der Waals surface area contributed by atoms with E-state index in [1.807, 2.05) is 62.4 Å². The third kappa shape index (κ3) is 5.73. The van der Waals surface area contributed by atoms with Gasteiger partial charge in [-0.25, -0.2) is 9.97 Å². The van der Waals surface area contributed by atoms with Crippen molar-refractivity contribution in [1.29, 1.82) is 0 Å². The van der Waals surface area contributed by atoms with E-state index in [-0.39, 0.29) is 12.5 Å². The van der Waals surface area contributed by atoms with Crippen molar-refractivity contribution in [1.82, 2.24) is 20.3 Å². The molecule has 2 aromatic heterocycles. The second kappa shape index (κ2) is 10.5. The van der Waals surface area contributed by atoms with Crippen LogP contribution in [0, 0.1) is 13.8 Å². The second-order valence-electron chi connectivity index (χ2n) is 7.68. The number of benzene rings is 2. The van der Waals surface area contributed by atoms with Crippen molar-refractivity contribution in [2.24, 2.45) is 0 Å². The van der Waals surface area contributed by atoms with Crippen molar-refractivity contribution in [3.05, 3.63) is 84.1 Å². The van der Waals surface area contributed by atoms with Crippen LogP contribution >= 0.6 is 0 Å². The predicted octanol–water partition coefficient (Wildman–Crippen LogP) is 4.91. The summed E-state index contributed by atoms with van der Waals surface area (Å²) in [4.78, 5) is 24.6. The van der Waals surface area contributed by atoms with Gasteiger partial charge in [-0.2, -0.15) is 0 Å². The van der Waals surface area contributed by atoms with E-state index in [9.17, 15) is 4.79 Å². The minimum absolute atomic E-state index is 0.00905. The molecule has 0 aliphatic rings. The van der Waals surface area contributed by atoms with Gasteiger partial charge in [-0.1, -0.05) is 6.07 Å². The maximum Gasteiger partial charge on any atom is 0.249 e. The van der Waals surface area contributed by atoms with Gasteiger partial charge in [0.2, 0.25) is 5.91 Å². The Labute approximate surface area is 197 Å². The Morgan fingerprint density at radius 1 is 1.03 bits per heavy atom. The smallest absolute Gasteiger partial charge is 0.249 e. The summed E-state index contributed by atoms with van der Waals surface area (Å²) in [5.41, 5.74) is 4.49. The van der Waals surface area contributed by atoms with Crippen molar-refractivity contribution in [2.75, 3.05) is 19.0 Å². The van der Waals surface area contributed by atoms with E-state index >= 15 is 0 Å². The lowest BCUT2D eigenvalue weighted by molar-refractivity contribution is -0.123. The third-order valence-corrected chi connectivity index (χ3v) is 5.00. The number of aromatic nitrogens is 3. The monoisotopic (exact) mass is 455 g/mol. The van der Waals surface area contributed by atoms with Gasteiger partial charge in [-0.05, 0) is 73.5 Å². The number of methoxy groups -OCH3 is 1. The molecule has 34 heavy (non-hydrogen) atoms. The highest BCUT2D eigenvalue weighted by molar-refractivity contribution is 5.92. The molecule has 0 atom stereocenters. The lowest BCUT2D eigenvalue weighted by Gasteiger charge is -2.12. The summed E-state index contributed by atoms with van der Waals surface area (Å²) >= 11 is 0. The van der Waals surface area contributed by atoms with Gasteiger partial charge in [0.25, 0.3) is 0 Å². The standard InChI is InChI=1S/C26H25N5O3/c1-17-12-20(6-9-24(17)34-21-7-4-18(2)28-14-21)31-26-22-13-19(5-8-23(22)29-16-30-26)10-11-27-25(32)15-33-3/h4-14,16H,15H2,1-3H3,(H,27,32)(H,29,30,31)/b11-10+. The number of anilines is 2. The maximum atomic E-state index is 11.5. The topological polar surface area (TPSA) is 98.3 Å². The molecular weight excluding hydrogens is 430 g/mol. The number of carbonyl (C=O) groups excluding carboxylic acids is 1. The van der Waals surface area contributed by atoms with Crippen LogP contribution in [0.15, 0.2) is 67.3 Å². The van der Waals surface area contributed by atoms with Crippen molar-refractivity contribution >= 4 is 34.4 Å². The molecule has 8 nitrogen and oxygen atoms in total. The fraction of sp³-hybridized carbons (Fsp3) is 0.154. The van der Waals surface area contributed by atoms with Crippen LogP contribution in [-0.2, 0) is 9.53 Å². The van der Waals surface area contributed by atoms with E-state index in [0.29, 0.717) is 11.6 Å². The molecule has 2 aromatic carbocycles. The summed E-state index contributed by atoms with van der Waals surface area (Å²) in [6, 6.07) is 15.5. The minimum atomic E-state index is -0.216. The van der Waals surface area contributed by atoms with Crippen LogP contribution in [0.2, 0.25) is 0 Å². The van der Waals surface area contributed by atoms with E-state index in [2.05, 4.69) is 25.6 Å². The van der Waals surface area contributed by atoms with E-state index in [0.717, 1.165) is 39.2 Å². The average molecular weight is 456 g/mol. The average Bonchev–Trinajstić information content (AvgIpc) is 2.83. The second-order valence-corrected chi connectivity index (χ2v) is 7.68. The first-order valence-corrected chi connectivity index (χ1v) is 10.7. The maximum absolute atomic E-state index is 11.5. The Kier molecular flexibility index (Phi) is 7.10. The normalized spacial score (nSPS) is 11.0. The summed E-state index contributed by atoms with van der Waals surface area (Å²) in [7, 11) is 1.48. The van der Waals surface area contributed by atoms with Gasteiger partial charge in [-0.3, -0.25) is 9.78 Å². The summed E-state index contributed by atoms with van der Waals surface area (Å²) < 4.78 is 10.8. The Balaban J connectivity index is 1.53. The van der Waals surface area contributed by atoms with Crippen LogP contribution in [0.25, 0.3) is 17.0 Å². The Morgan fingerprint density at radius 3 is 2.68 bits per heavy atom. The Bertz CT molecular complexity index is 1340. The van der Waals surface area contributed by atoms with E-state index in [1.54, 1.807) is 18.5 Å². The number of nitrogens with zero attached hydrogens (tertiary/aromatic N) is 3. The number of nitrogens with one attached hydrogen (secondary N) is 2. The van der Waals surface area contributed by atoms with Crippen LogP contribution in [0.3, 0.4) is 0 Å². The summed E-state index contributed by atoms with van der Waals surface area (Å²) in [6.07, 6.45) is 6.63. The molecule has 0 spiro atoms. The Hall–Kier alpha value is -4.30. The van der Waals surface area contributed by atoms with Crippen LogP contribution < -0.4 is 15.4 Å². The number of fused-ring (bicyclic) bond motifs is 1. The molecule has 0 radical (unpaired) electrons. The number of hydrogen-bond acceptors (Lipinski definition) is 7. The number of amides is 1. The number of pyridine rings is 1. The van der Waals surface area contributed by atoms with Crippen LogP contribution in [0.1, 0.15) is 16.8 Å². The number of carbonyl (C=O) groups is 1. The van der Waals surface area contributed by atoms with Crippen LogP contribution in [0.4, 0.5) is 11.5 Å². The van der Waals surface area contributed by atoms with Crippen LogP contribution in [0.5, 0.6) is 11.5 Å². The molecule has 4 aromatic rings. The molecule has 0 unspecified atom stereocenters. The lowest BCUT2D eigenvalue weighted by atomic mass is 10.1. The third-order valence-electron chi connectivity index (χ3n) is 5.00. The fourth-order valence-electron chi connectivity index (χ4n) is 3.30. The molecule has 172 valence electrons. The van der Waals surface area contributed by atoms with Gasteiger partial charge in [-0.15, -0.1) is 0 Å². The van der Waals surface area contributed by atoms with Crippen molar-refractivity contribution in [3.8, 4) is 11.5 Å². The van der Waals surface area contributed by atoms with Gasteiger partial charge in [0, 0.05) is 30.1 Å². The zero-order valence-corrected chi connectivity index (χ0v) is 19.2. The number of aryl methyl sites for hydroxylation is 2. The molecule has 4 rings (SSSR count). The zero-order valence-electron chi connectivity index (χ0n) is 19.2. The van der Waals surface area contributed by atoms with Crippen molar-refractivity contribution in [3.63, 3.8) is 0 Å². The molecule has 0 bridgehead atoms. The summed E-state index contributed by atoms with van der Waals surface area (Å²) in [6.45, 7) is 3.93. The quantitative estimate of drug-likeness (QED) is 0.389. The first-order chi connectivity index (χ1) is 16.5. The number of ether oxygens (including phenoxy) is 2. The zero-order chi connectivity index (χ0) is 23.9. The highest BCUT2D eigenvalue weighted by Crippen LogP contribution is 2.30. The van der Waals surface area contributed by atoms with Gasteiger partial charge in [0.05, 0.1) is 11.7 Å². The van der Waals surface area contributed by atoms with Gasteiger partial charge in [0.15, 0.2) is 0 Å². The van der Waals surface area contributed by atoms with E-state index in [1.165, 1.54) is 13.4 Å². The molecule has 0 saturated carbocycles. The summed E-state index contributed by atoms with van der Waals surface area (Å²) in [5, 5.41) is 6.89. The number of rotatable bonds is 8. The minimum Gasteiger partial charge on any atom is -0.455 e. The lowest BCUT2D eigenvalue weighted by Crippen LogP contribution is -2.21. The highest BCUT2D eigenvalue weighted by atomic mass is 16.5. The van der Waals surface area contributed by atoms with E-state index < -0.39 is 0 Å². The largest absolute Gasteiger partial charge is 0.455 e. The van der Waals surface area contributed by atoms with Gasteiger partial charge >= 0.3 is 0 Å². The SMILES string of the molecule is COCC(=O)N/C=C/c1ccc2ncnc(Nc3ccc(Oc4ccc(C)nc4)c(C)c3)c2c1. The molecule has 2 N–H and O–H groups in total.